The number of nitrogens with two attached hydrogens (primary N) is 2. The lowest BCUT2D eigenvalue weighted by Crippen LogP contribution is -3.04. The van der Waals surface area contributed by atoms with Gasteiger partial charge in [-0.2, -0.15) is 0 Å². The van der Waals surface area contributed by atoms with Crippen LogP contribution in [0.1, 0.15) is 21.1 Å². The minimum Gasteiger partial charge on any atom is -0.542 e. The molecule has 0 unspecified atom stereocenters. The molecule has 9 heteroatoms. The molecule has 0 amide bonds. The number of piperazine rings is 1. The summed E-state index contributed by atoms with van der Waals surface area (Å²) in [5.41, 5.74) is -0.801. The molecule has 0 aliphatic carbocycles. The fourth-order valence-corrected chi connectivity index (χ4v) is 1.44. The van der Waals surface area contributed by atoms with E-state index in [1.165, 1.54) is 26.2 Å². The second-order valence-corrected chi connectivity index (χ2v) is 3.83. The minimum atomic E-state index is -1.76. The van der Waals surface area contributed by atoms with Gasteiger partial charge in [-0.15, -0.1) is 0 Å². The van der Waals surface area contributed by atoms with E-state index in [1.807, 2.05) is 0 Å². The van der Waals surface area contributed by atoms with E-state index in [4.69, 9.17) is 0 Å². The highest BCUT2D eigenvalue weighted by Crippen LogP contribution is 1.98. The van der Waals surface area contributed by atoms with Crippen molar-refractivity contribution in [2.24, 2.45) is 0 Å². The lowest BCUT2D eigenvalue weighted by molar-refractivity contribution is -0.787. The first kappa shape index (κ1) is 17.8. The van der Waals surface area contributed by atoms with Crippen LogP contribution in [-0.4, -0.2) is 43.6 Å². The largest absolute Gasteiger partial charge is 0.542 e. The van der Waals surface area contributed by atoms with Gasteiger partial charge in [0.15, 0.2) is 16.9 Å². The van der Waals surface area contributed by atoms with Crippen molar-refractivity contribution < 1.29 is 40.3 Å². The van der Waals surface area contributed by atoms with Crippen LogP contribution in [0.3, 0.4) is 0 Å². The highest BCUT2D eigenvalue weighted by atomic mass is 16.4. The molecule has 9 nitrogen and oxygen atoms in total. The third kappa shape index (κ3) is 6.09. The Kier molecular flexibility index (Phi) is 7.82. The Labute approximate surface area is 113 Å². The molecule has 6 N–H and O–H groups in total. The highest BCUT2D eigenvalue weighted by Gasteiger charge is 2.03. The first-order chi connectivity index (χ1) is 9.00. The van der Waals surface area contributed by atoms with Crippen molar-refractivity contribution in [2.45, 2.75) is 0 Å². The van der Waals surface area contributed by atoms with E-state index in [9.17, 15) is 24.6 Å². The molecule has 2 rings (SSSR count). The first-order valence-electron chi connectivity index (χ1n) is 5.72. The molecule has 112 valence electrons. The second-order valence-electron chi connectivity index (χ2n) is 3.83. The average Bonchev–Trinajstić information content (AvgIpc) is 2.40. The predicted molar refractivity (Wildman–Crippen MR) is 60.6 cm³/mol. The Bertz CT molecular complexity index is 461. The van der Waals surface area contributed by atoms with Crippen molar-refractivity contribution in [1.29, 1.82) is 0 Å². The topological polar surface area (TPSA) is 175 Å². The molecule has 0 bridgehead atoms. The fraction of sp³-hybridized carbons (Fsp3) is 0.364. The minimum absolute atomic E-state index is 0. The summed E-state index contributed by atoms with van der Waals surface area (Å²) >= 11 is 0. The van der Waals surface area contributed by atoms with E-state index in [-0.39, 0.29) is 5.48 Å². The molecule has 1 saturated heterocycles. The molecule has 0 radical (unpaired) electrons. The van der Waals surface area contributed by atoms with Crippen molar-refractivity contribution >= 4 is 11.9 Å². The molecule has 1 aliphatic rings. The molecule has 0 aromatic carbocycles. The normalized spacial score (nSPS) is 13.4. The Hall–Kier alpha value is -2.23. The summed E-state index contributed by atoms with van der Waals surface area (Å²) in [6.45, 7) is 5.28. The third-order valence-corrected chi connectivity index (χ3v) is 2.32. The highest BCUT2D eigenvalue weighted by molar-refractivity contribution is 5.85. The van der Waals surface area contributed by atoms with E-state index >= 15 is 0 Å². The van der Waals surface area contributed by atoms with Crippen LogP contribution in [0.5, 0.6) is 0 Å². The van der Waals surface area contributed by atoms with Gasteiger partial charge in [0, 0.05) is 12.1 Å². The lowest BCUT2D eigenvalue weighted by Gasteiger charge is -2.04. The summed E-state index contributed by atoms with van der Waals surface area (Å²) in [4.78, 5) is 31.0. The summed E-state index contributed by atoms with van der Waals surface area (Å²) in [5, 5.41) is 25.1. The van der Waals surface area contributed by atoms with Crippen LogP contribution in [0.25, 0.3) is 0 Å². The van der Waals surface area contributed by atoms with Crippen LogP contribution in [0.15, 0.2) is 21.3 Å². The number of hydrogen-bond acceptors (Lipinski definition) is 6. The third-order valence-electron chi connectivity index (χ3n) is 2.32. The van der Waals surface area contributed by atoms with Crippen LogP contribution in [0, 0.1) is 0 Å². The van der Waals surface area contributed by atoms with Crippen LogP contribution < -0.4 is 26.3 Å². The summed E-state index contributed by atoms with van der Waals surface area (Å²) < 4.78 is 4.26. The van der Waals surface area contributed by atoms with E-state index < -0.39 is 28.9 Å². The number of aromatic carboxylic acids is 2. The standard InChI is InChI=1S/C7H4O6.C4H10N2.H2O/c8-3-1-4(6(9)10)13-5(2-3)7(11)12;1-2-6-4-3-5-1;/h1-2H,(H,9,10)(H,11,12);5-6H,1-4H2;1H2. The molecule has 1 aliphatic heterocycles. The van der Waals surface area contributed by atoms with Crippen molar-refractivity contribution in [3.8, 4) is 0 Å². The molecule has 2 heterocycles. The number of hydrogen-bond donors (Lipinski definition) is 2. The zero-order chi connectivity index (χ0) is 14.3. The zero-order valence-electron chi connectivity index (χ0n) is 10.6. The number of carbonyl (C=O) groups is 2. The number of carboxylic acids is 2. The van der Waals surface area contributed by atoms with Crippen molar-refractivity contribution in [3.63, 3.8) is 0 Å². The molecule has 0 saturated carbocycles. The van der Waals surface area contributed by atoms with Gasteiger partial charge >= 0.3 is 0 Å². The maximum Gasteiger partial charge on any atom is 0.186 e. The lowest BCUT2D eigenvalue weighted by atomic mass is 10.3. The van der Waals surface area contributed by atoms with Crippen LogP contribution >= 0.6 is 0 Å². The van der Waals surface area contributed by atoms with Gasteiger partial charge in [-0.3, -0.25) is 4.79 Å². The molecule has 20 heavy (non-hydrogen) atoms. The van der Waals surface area contributed by atoms with Gasteiger partial charge in [-0.05, 0) is 0 Å². The number of quaternary nitrogens is 2. The quantitative estimate of drug-likeness (QED) is 0.546. The zero-order valence-corrected chi connectivity index (χ0v) is 10.6. The fourth-order valence-electron chi connectivity index (χ4n) is 1.44. The van der Waals surface area contributed by atoms with Gasteiger partial charge in [0.1, 0.15) is 38.1 Å². The van der Waals surface area contributed by atoms with Gasteiger partial charge in [0.25, 0.3) is 0 Å². The maximum absolute atomic E-state index is 10.7. The smallest absolute Gasteiger partial charge is 0.186 e. The second kappa shape index (κ2) is 8.80. The van der Waals surface area contributed by atoms with Crippen LogP contribution in [0.2, 0.25) is 0 Å². The Morgan fingerprint density at radius 1 is 0.950 bits per heavy atom. The van der Waals surface area contributed by atoms with Gasteiger partial charge in [-0.25, -0.2) is 0 Å². The van der Waals surface area contributed by atoms with Crippen LogP contribution in [-0.2, 0) is 0 Å². The van der Waals surface area contributed by atoms with E-state index in [0.29, 0.717) is 12.1 Å². The van der Waals surface area contributed by atoms with Crippen LogP contribution in [0.4, 0.5) is 0 Å². The van der Waals surface area contributed by atoms with Gasteiger partial charge in [0.05, 0.1) is 0 Å². The van der Waals surface area contributed by atoms with Crippen molar-refractivity contribution in [1.82, 2.24) is 0 Å². The first-order valence-corrected chi connectivity index (χ1v) is 5.72. The Balaban J connectivity index is 0.000000434. The number of carboxylic acid groups (broad SMARTS) is 2. The van der Waals surface area contributed by atoms with E-state index in [0.717, 1.165) is 0 Å². The van der Waals surface area contributed by atoms with Crippen molar-refractivity contribution in [3.05, 3.63) is 33.9 Å². The SMILES string of the molecule is C1C[NH2+]CC[NH2+]1.O.O=C([O-])c1cc(=O)cc(C(=O)[O-])o1. The molecular weight excluding hydrogens is 272 g/mol. The molecule has 0 atom stereocenters. The Morgan fingerprint density at radius 2 is 1.30 bits per heavy atom. The molecule has 1 aromatic rings. The predicted octanol–water partition coefficient (Wildman–Crippen LogP) is -6.33. The summed E-state index contributed by atoms with van der Waals surface area (Å²) in [5.74, 6) is -5.21. The maximum atomic E-state index is 10.7. The summed E-state index contributed by atoms with van der Waals surface area (Å²) in [6.07, 6.45) is 0. The summed E-state index contributed by atoms with van der Waals surface area (Å²) in [6, 6.07) is 1.23. The van der Waals surface area contributed by atoms with Crippen molar-refractivity contribution in [2.75, 3.05) is 26.2 Å². The summed E-state index contributed by atoms with van der Waals surface area (Å²) in [7, 11) is 0. The van der Waals surface area contributed by atoms with Gasteiger partial charge in [-0.1, -0.05) is 0 Å². The molecule has 1 fully saturated rings. The monoisotopic (exact) mass is 288 g/mol. The number of rotatable bonds is 2. The molecule has 1 aromatic heterocycles. The molecular formula is C11H16N2O7. The van der Waals surface area contributed by atoms with Gasteiger partial charge in [0.2, 0.25) is 0 Å². The molecule has 0 spiro atoms. The Morgan fingerprint density at radius 3 is 1.55 bits per heavy atom. The van der Waals surface area contributed by atoms with E-state index in [1.54, 1.807) is 0 Å². The van der Waals surface area contributed by atoms with Gasteiger partial charge < -0.3 is 40.3 Å². The average molecular weight is 288 g/mol. The number of carbonyl (C=O) groups excluding carboxylic acids is 2. The van der Waals surface area contributed by atoms with E-state index in [2.05, 4.69) is 15.1 Å².